The number of hydrogen-bond donors (Lipinski definition) is 2. The van der Waals surface area contributed by atoms with Crippen molar-refractivity contribution >= 4 is 19.7 Å². The molecule has 0 aliphatic rings. The molecule has 0 aromatic carbocycles. The molecule has 0 saturated heterocycles. The minimum absolute atomic E-state index is 0.0273. The van der Waals surface area contributed by atoms with Gasteiger partial charge in [-0.1, -0.05) is 208 Å². The first-order valence-corrected chi connectivity index (χ1v) is 30.6. The van der Waals surface area contributed by atoms with Gasteiger partial charge in [0.15, 0.2) is 0 Å². The molecule has 0 aliphatic carbocycles. The van der Waals surface area contributed by atoms with Crippen molar-refractivity contribution in [3.63, 3.8) is 0 Å². The Bertz CT molecular complexity index is 1560. The minimum atomic E-state index is -4.46. The van der Waals surface area contributed by atoms with Crippen LogP contribution in [0.1, 0.15) is 233 Å². The van der Waals surface area contributed by atoms with Crippen molar-refractivity contribution < 1.29 is 37.3 Å². The fraction of sp³-hybridized carbons (Fsp3) is 0.710. The summed E-state index contributed by atoms with van der Waals surface area (Å²) in [5.74, 6) is -0.563. The fourth-order valence-corrected chi connectivity index (χ4v) is 8.50. The third kappa shape index (κ3) is 51.8. The Balaban J connectivity index is 5.39. The Morgan fingerprint density at radius 2 is 0.889 bits per heavy atom. The lowest BCUT2D eigenvalue weighted by Crippen LogP contribution is -2.47. The average Bonchev–Trinajstić information content (AvgIpc) is 3.34. The molecular weight excluding hydrogens is 916 g/mol. The van der Waals surface area contributed by atoms with Crippen LogP contribution in [0.25, 0.3) is 0 Å². The van der Waals surface area contributed by atoms with E-state index in [1.807, 2.05) is 33.3 Å². The first-order valence-electron chi connectivity index (χ1n) is 29.1. The molecule has 0 aromatic rings. The van der Waals surface area contributed by atoms with E-state index in [-0.39, 0.29) is 31.5 Å². The normalized spacial score (nSPS) is 14.5. The van der Waals surface area contributed by atoms with Crippen molar-refractivity contribution in [2.45, 2.75) is 245 Å². The Labute approximate surface area is 443 Å². The fourth-order valence-electron chi connectivity index (χ4n) is 7.76. The molecule has 9 nitrogen and oxygen atoms in total. The van der Waals surface area contributed by atoms with Crippen molar-refractivity contribution in [3.05, 3.63) is 97.2 Å². The van der Waals surface area contributed by atoms with Crippen LogP contribution in [-0.4, -0.2) is 74.3 Å². The predicted octanol–water partition coefficient (Wildman–Crippen LogP) is 17.6. The molecule has 72 heavy (non-hydrogen) atoms. The average molecular weight is 1030 g/mol. The Morgan fingerprint density at radius 1 is 0.500 bits per heavy atom. The first-order chi connectivity index (χ1) is 34.9. The lowest BCUT2D eigenvalue weighted by atomic mass is 10.1. The number of amides is 1. The van der Waals surface area contributed by atoms with Crippen LogP contribution in [0.2, 0.25) is 0 Å². The number of allylic oxidation sites excluding steroid dienone is 15. The quantitative estimate of drug-likeness (QED) is 0.0205. The number of carbonyl (C=O) groups excluding carboxylic acids is 2. The number of ether oxygens (including phenoxy) is 1. The van der Waals surface area contributed by atoms with Gasteiger partial charge in [-0.25, -0.2) is 4.57 Å². The van der Waals surface area contributed by atoms with E-state index in [4.69, 9.17) is 13.8 Å². The van der Waals surface area contributed by atoms with Crippen molar-refractivity contribution in [2.24, 2.45) is 0 Å². The number of nitrogens with one attached hydrogen (secondary N) is 1. The summed E-state index contributed by atoms with van der Waals surface area (Å²) >= 11 is 0. The van der Waals surface area contributed by atoms with Gasteiger partial charge < -0.3 is 19.4 Å². The van der Waals surface area contributed by atoms with E-state index in [0.29, 0.717) is 23.9 Å². The van der Waals surface area contributed by atoms with E-state index >= 15 is 0 Å². The van der Waals surface area contributed by atoms with Gasteiger partial charge >= 0.3 is 13.8 Å². The molecule has 0 aliphatic heterocycles. The highest BCUT2D eigenvalue weighted by Gasteiger charge is 2.30. The molecule has 0 radical (unpaired) electrons. The highest BCUT2D eigenvalue weighted by Crippen LogP contribution is 2.43. The second-order valence-corrected chi connectivity index (χ2v) is 21.9. The number of carbonyl (C=O) groups is 2. The smallest absolute Gasteiger partial charge is 0.456 e. The molecule has 10 heteroatoms. The number of phosphoric ester groups is 1. The Hall–Kier alpha value is -3.07. The van der Waals surface area contributed by atoms with Gasteiger partial charge in [-0.05, 0) is 109 Å². The molecule has 0 aromatic heterocycles. The molecule has 3 unspecified atom stereocenters. The number of hydrogen-bond acceptors (Lipinski definition) is 6. The lowest BCUT2D eigenvalue weighted by Gasteiger charge is -2.27. The van der Waals surface area contributed by atoms with E-state index in [1.54, 1.807) is 0 Å². The lowest BCUT2D eigenvalue weighted by molar-refractivity contribution is -0.870. The highest BCUT2D eigenvalue weighted by atomic mass is 31.2. The Morgan fingerprint density at radius 3 is 1.38 bits per heavy atom. The van der Waals surface area contributed by atoms with E-state index in [9.17, 15) is 19.0 Å². The zero-order valence-electron chi connectivity index (χ0n) is 47.1. The summed E-state index contributed by atoms with van der Waals surface area (Å²) < 4.78 is 30.6. The molecule has 0 fully saturated rings. The summed E-state index contributed by atoms with van der Waals surface area (Å²) in [5, 5.41) is 3.03. The van der Waals surface area contributed by atoms with Crippen LogP contribution < -0.4 is 5.32 Å². The molecule has 2 N–H and O–H groups in total. The monoisotopic (exact) mass is 1030 g/mol. The van der Waals surface area contributed by atoms with Gasteiger partial charge in [0.05, 0.1) is 33.8 Å². The summed E-state index contributed by atoms with van der Waals surface area (Å²) in [7, 11) is 1.45. The van der Waals surface area contributed by atoms with Crippen LogP contribution in [-0.2, 0) is 27.9 Å². The second-order valence-electron chi connectivity index (χ2n) is 20.4. The van der Waals surface area contributed by atoms with Gasteiger partial charge in [-0.15, -0.1) is 0 Å². The van der Waals surface area contributed by atoms with Crippen molar-refractivity contribution in [3.8, 4) is 0 Å². The van der Waals surface area contributed by atoms with Crippen LogP contribution in [0.15, 0.2) is 97.2 Å². The zero-order chi connectivity index (χ0) is 52.9. The van der Waals surface area contributed by atoms with Gasteiger partial charge in [-0.2, -0.15) is 0 Å². The molecule has 1 amide bonds. The zero-order valence-corrected chi connectivity index (χ0v) is 48.0. The largest absolute Gasteiger partial charge is 0.472 e. The van der Waals surface area contributed by atoms with Crippen molar-refractivity contribution in [2.75, 3.05) is 40.9 Å². The molecule has 0 heterocycles. The van der Waals surface area contributed by atoms with Crippen LogP contribution >= 0.6 is 7.82 Å². The molecule has 414 valence electrons. The standard InChI is InChI=1S/C62H109N2O7P/c1-7-10-13-16-19-22-25-27-29-31-32-33-35-37-40-43-46-49-52-55-62(66)71-60(53-50-47-44-41-38-24-21-18-15-12-9-3)59(58-70-72(67,68)69-57-56-64(4,5)6)63-61(65)54-51-48-45-42-39-36-34-30-28-26-23-20-17-14-11-8-2/h11,14,19-20,22-23,27-30,32-33,37,40,50,53,59-60H,7-10,12-13,15-18,21,24-26,31,34-36,38-39,41-49,51-52,54-58H2,1-6H3,(H-,63,65,67,68)/p+1/b14-11+,22-19-,23-20+,29-27-,30-28+,33-32-,40-37-,53-50+. The molecule has 0 saturated carbocycles. The number of esters is 1. The summed E-state index contributed by atoms with van der Waals surface area (Å²) in [6, 6.07) is -0.873. The Kier molecular flexibility index (Phi) is 49.2. The second kappa shape index (κ2) is 51.4. The summed E-state index contributed by atoms with van der Waals surface area (Å²) in [6.45, 7) is 6.82. The number of phosphoric acid groups is 1. The minimum Gasteiger partial charge on any atom is -0.456 e. The third-order valence-electron chi connectivity index (χ3n) is 12.3. The topological polar surface area (TPSA) is 111 Å². The van der Waals surface area contributed by atoms with Gasteiger partial charge in [-0.3, -0.25) is 18.6 Å². The van der Waals surface area contributed by atoms with E-state index in [0.717, 1.165) is 122 Å². The molecule has 0 spiro atoms. The highest BCUT2D eigenvalue weighted by molar-refractivity contribution is 7.47. The summed E-state index contributed by atoms with van der Waals surface area (Å²) in [6.07, 6.45) is 68.3. The molecule has 3 atom stereocenters. The maximum absolute atomic E-state index is 13.5. The summed E-state index contributed by atoms with van der Waals surface area (Å²) in [4.78, 5) is 37.6. The third-order valence-corrected chi connectivity index (χ3v) is 13.2. The van der Waals surface area contributed by atoms with Gasteiger partial charge in [0.2, 0.25) is 5.91 Å². The van der Waals surface area contributed by atoms with Crippen molar-refractivity contribution in [1.82, 2.24) is 5.32 Å². The number of quaternary nitrogens is 1. The number of rotatable bonds is 51. The van der Waals surface area contributed by atoms with Crippen molar-refractivity contribution in [1.29, 1.82) is 0 Å². The molecule has 0 rings (SSSR count). The predicted molar refractivity (Wildman–Crippen MR) is 309 cm³/mol. The number of nitrogens with zero attached hydrogens (tertiary/aromatic N) is 1. The maximum Gasteiger partial charge on any atom is 0.472 e. The number of likely N-dealkylation sites (N-methyl/N-ethyl adjacent to an activating group) is 1. The van der Waals surface area contributed by atoms with Crippen LogP contribution in [0.5, 0.6) is 0 Å². The van der Waals surface area contributed by atoms with Gasteiger partial charge in [0, 0.05) is 12.8 Å². The van der Waals surface area contributed by atoms with Gasteiger partial charge in [0.25, 0.3) is 0 Å². The molecule has 0 bridgehead atoms. The van der Waals surface area contributed by atoms with Gasteiger partial charge in [0.1, 0.15) is 19.3 Å². The number of unbranched alkanes of at least 4 members (excludes halogenated alkanes) is 21. The van der Waals surface area contributed by atoms with Crippen LogP contribution in [0.3, 0.4) is 0 Å². The summed E-state index contributed by atoms with van der Waals surface area (Å²) in [5.41, 5.74) is 0. The van der Waals surface area contributed by atoms with Crippen LogP contribution in [0, 0.1) is 0 Å². The SMILES string of the molecule is CC/C=C/C/C=C/C/C=C/CCCCCCCCC(=O)NC(COP(=O)(O)OCC[N+](C)(C)C)C(/C=C/CCCCCCCCCCC)OC(=O)CCCCC/C=C\C/C=C\C/C=C\C/C=C\CCCCC. The first kappa shape index (κ1) is 68.9. The molecular formula is C62H110N2O7P+. The van der Waals surface area contributed by atoms with E-state index < -0.39 is 20.0 Å². The van der Waals surface area contributed by atoms with E-state index in [1.165, 1.54) is 70.6 Å². The maximum atomic E-state index is 13.5. The van der Waals surface area contributed by atoms with E-state index in [2.05, 4.69) is 111 Å². The van der Waals surface area contributed by atoms with Crippen LogP contribution in [0.4, 0.5) is 0 Å².